The third kappa shape index (κ3) is 2.76. The Balaban J connectivity index is 2.65. The fraction of sp³-hybridized carbons (Fsp3) is 0.923. The molecular weight excluding hydrogens is 202 g/mol. The van der Waals surface area contributed by atoms with Crippen LogP contribution < -0.4 is 0 Å². The van der Waals surface area contributed by atoms with Crippen molar-refractivity contribution in [2.75, 3.05) is 13.7 Å². The summed E-state index contributed by atoms with van der Waals surface area (Å²) in [5.74, 6) is 0.855. The monoisotopic (exact) mass is 227 g/mol. The highest BCUT2D eigenvalue weighted by Crippen LogP contribution is 2.27. The van der Waals surface area contributed by atoms with Crippen LogP contribution in [0.25, 0.3) is 0 Å². The molecule has 3 nitrogen and oxygen atoms in total. The van der Waals surface area contributed by atoms with Crippen LogP contribution in [-0.4, -0.2) is 36.6 Å². The molecule has 0 aromatic rings. The molecule has 0 N–H and O–H groups in total. The van der Waals surface area contributed by atoms with Crippen molar-refractivity contribution in [2.24, 2.45) is 11.8 Å². The molecule has 0 aromatic carbocycles. The molecule has 0 aromatic heterocycles. The van der Waals surface area contributed by atoms with Crippen molar-refractivity contribution >= 4 is 5.91 Å². The number of ether oxygens (including phenoxy) is 1. The van der Waals surface area contributed by atoms with Gasteiger partial charge in [-0.2, -0.15) is 0 Å². The molecule has 1 aliphatic rings. The van der Waals surface area contributed by atoms with Crippen LogP contribution in [0.2, 0.25) is 0 Å². The van der Waals surface area contributed by atoms with Gasteiger partial charge >= 0.3 is 0 Å². The molecule has 1 heterocycles. The summed E-state index contributed by atoms with van der Waals surface area (Å²) in [6.45, 7) is 9.22. The lowest BCUT2D eigenvalue weighted by Gasteiger charge is -2.28. The van der Waals surface area contributed by atoms with E-state index in [0.29, 0.717) is 12.0 Å². The first-order chi connectivity index (χ1) is 7.51. The van der Waals surface area contributed by atoms with Crippen molar-refractivity contribution in [3.05, 3.63) is 0 Å². The van der Waals surface area contributed by atoms with E-state index >= 15 is 0 Å². The van der Waals surface area contributed by atoms with Gasteiger partial charge in [0.05, 0.1) is 12.0 Å². The average Bonchev–Trinajstić information content (AvgIpc) is 2.67. The number of amides is 1. The number of carbonyl (C=O) groups excluding carboxylic acids is 1. The number of methoxy groups -OCH3 is 1. The van der Waals surface area contributed by atoms with E-state index in [-0.39, 0.29) is 17.9 Å². The SMILES string of the molecule is CC[C@@H]1CC(C)CN1C(=O)C(C)C(C)OC. The summed E-state index contributed by atoms with van der Waals surface area (Å²) in [5, 5.41) is 0. The van der Waals surface area contributed by atoms with Crippen molar-refractivity contribution in [2.45, 2.75) is 52.7 Å². The Labute approximate surface area is 99.1 Å². The van der Waals surface area contributed by atoms with E-state index in [1.54, 1.807) is 7.11 Å². The van der Waals surface area contributed by atoms with Crippen LogP contribution in [-0.2, 0) is 9.53 Å². The van der Waals surface area contributed by atoms with Crippen molar-refractivity contribution in [1.82, 2.24) is 4.90 Å². The summed E-state index contributed by atoms with van der Waals surface area (Å²) in [6, 6.07) is 0.439. The van der Waals surface area contributed by atoms with Gasteiger partial charge in [-0.05, 0) is 25.7 Å². The highest BCUT2D eigenvalue weighted by molar-refractivity contribution is 5.79. The maximum Gasteiger partial charge on any atom is 0.228 e. The Kier molecular flexibility index (Phi) is 4.78. The van der Waals surface area contributed by atoms with Gasteiger partial charge in [-0.3, -0.25) is 4.79 Å². The summed E-state index contributed by atoms with van der Waals surface area (Å²) >= 11 is 0. The summed E-state index contributed by atoms with van der Waals surface area (Å²) < 4.78 is 5.24. The van der Waals surface area contributed by atoms with Crippen LogP contribution in [0, 0.1) is 11.8 Å². The van der Waals surface area contributed by atoms with Gasteiger partial charge in [0.2, 0.25) is 5.91 Å². The third-order valence-electron chi connectivity index (χ3n) is 3.84. The minimum absolute atomic E-state index is 0.000845. The first-order valence-electron chi connectivity index (χ1n) is 6.34. The fourth-order valence-corrected chi connectivity index (χ4v) is 2.47. The molecule has 94 valence electrons. The molecule has 1 fully saturated rings. The van der Waals surface area contributed by atoms with Crippen LogP contribution in [0.5, 0.6) is 0 Å². The Morgan fingerprint density at radius 1 is 1.50 bits per heavy atom. The van der Waals surface area contributed by atoms with Crippen LogP contribution in [0.4, 0.5) is 0 Å². The third-order valence-corrected chi connectivity index (χ3v) is 3.84. The first-order valence-corrected chi connectivity index (χ1v) is 6.34. The molecule has 3 heteroatoms. The molecule has 1 rings (SSSR count). The van der Waals surface area contributed by atoms with E-state index in [4.69, 9.17) is 4.74 Å². The highest BCUT2D eigenvalue weighted by Gasteiger charge is 2.35. The molecule has 1 amide bonds. The minimum atomic E-state index is -0.0376. The smallest absolute Gasteiger partial charge is 0.228 e. The molecule has 0 radical (unpaired) electrons. The maximum absolute atomic E-state index is 12.3. The summed E-state index contributed by atoms with van der Waals surface area (Å²) in [7, 11) is 1.67. The molecule has 3 unspecified atom stereocenters. The Morgan fingerprint density at radius 2 is 2.12 bits per heavy atom. The van der Waals surface area contributed by atoms with Gasteiger partial charge in [0.15, 0.2) is 0 Å². The minimum Gasteiger partial charge on any atom is -0.381 e. The Bertz CT molecular complexity index is 242. The van der Waals surface area contributed by atoms with Crippen LogP contribution in [0.1, 0.15) is 40.5 Å². The number of hydrogen-bond acceptors (Lipinski definition) is 2. The van der Waals surface area contributed by atoms with E-state index in [1.165, 1.54) is 0 Å². The van der Waals surface area contributed by atoms with E-state index in [2.05, 4.69) is 18.7 Å². The van der Waals surface area contributed by atoms with Crippen LogP contribution >= 0.6 is 0 Å². The zero-order valence-electron chi connectivity index (χ0n) is 11.2. The van der Waals surface area contributed by atoms with Gasteiger partial charge in [-0.25, -0.2) is 0 Å². The standard InChI is InChI=1S/C13H25NO2/c1-6-12-7-9(2)8-14(12)13(15)10(3)11(4)16-5/h9-12H,6-8H2,1-5H3/t9?,10?,11?,12-/m1/s1. The molecule has 4 atom stereocenters. The molecule has 1 saturated heterocycles. The zero-order chi connectivity index (χ0) is 12.3. The number of hydrogen-bond donors (Lipinski definition) is 0. The molecule has 0 spiro atoms. The molecule has 16 heavy (non-hydrogen) atoms. The number of nitrogens with zero attached hydrogens (tertiary/aromatic N) is 1. The predicted molar refractivity (Wildman–Crippen MR) is 65.2 cm³/mol. The largest absolute Gasteiger partial charge is 0.381 e. The maximum atomic E-state index is 12.3. The summed E-state index contributed by atoms with van der Waals surface area (Å²) in [5.41, 5.74) is 0. The molecule has 0 aliphatic carbocycles. The number of rotatable bonds is 4. The van der Waals surface area contributed by atoms with E-state index in [9.17, 15) is 4.79 Å². The van der Waals surface area contributed by atoms with Crippen LogP contribution in [0.3, 0.4) is 0 Å². The average molecular weight is 227 g/mol. The Morgan fingerprint density at radius 3 is 2.62 bits per heavy atom. The predicted octanol–water partition coefficient (Wildman–Crippen LogP) is 2.30. The van der Waals surface area contributed by atoms with Gasteiger partial charge in [0, 0.05) is 19.7 Å². The second kappa shape index (κ2) is 5.67. The van der Waals surface area contributed by atoms with Gasteiger partial charge in [-0.15, -0.1) is 0 Å². The van der Waals surface area contributed by atoms with Crippen molar-refractivity contribution in [1.29, 1.82) is 0 Å². The zero-order valence-corrected chi connectivity index (χ0v) is 11.2. The first kappa shape index (κ1) is 13.5. The van der Waals surface area contributed by atoms with Gasteiger partial charge < -0.3 is 9.64 Å². The summed E-state index contributed by atoms with van der Waals surface area (Å²) in [6.07, 6.45) is 2.21. The van der Waals surface area contributed by atoms with Crippen LogP contribution in [0.15, 0.2) is 0 Å². The van der Waals surface area contributed by atoms with Crippen molar-refractivity contribution < 1.29 is 9.53 Å². The molecule has 0 saturated carbocycles. The highest BCUT2D eigenvalue weighted by atomic mass is 16.5. The lowest BCUT2D eigenvalue weighted by atomic mass is 10.0. The molecule has 0 bridgehead atoms. The van der Waals surface area contributed by atoms with Gasteiger partial charge in [-0.1, -0.05) is 20.8 Å². The van der Waals surface area contributed by atoms with E-state index < -0.39 is 0 Å². The van der Waals surface area contributed by atoms with Gasteiger partial charge in [0.25, 0.3) is 0 Å². The van der Waals surface area contributed by atoms with E-state index in [0.717, 1.165) is 19.4 Å². The normalized spacial score (nSPS) is 29.2. The number of likely N-dealkylation sites (tertiary alicyclic amines) is 1. The van der Waals surface area contributed by atoms with Gasteiger partial charge in [0.1, 0.15) is 0 Å². The second-order valence-electron chi connectivity index (χ2n) is 5.12. The summed E-state index contributed by atoms with van der Waals surface area (Å²) in [4.78, 5) is 14.4. The molecule has 1 aliphatic heterocycles. The number of carbonyl (C=O) groups is 1. The quantitative estimate of drug-likeness (QED) is 0.737. The van der Waals surface area contributed by atoms with E-state index in [1.807, 2.05) is 13.8 Å². The van der Waals surface area contributed by atoms with Crippen molar-refractivity contribution in [3.63, 3.8) is 0 Å². The van der Waals surface area contributed by atoms with Crippen molar-refractivity contribution in [3.8, 4) is 0 Å². The molecular formula is C13H25NO2. The lowest BCUT2D eigenvalue weighted by molar-refractivity contribution is -0.139. The fourth-order valence-electron chi connectivity index (χ4n) is 2.47. The Hall–Kier alpha value is -0.570. The lowest BCUT2D eigenvalue weighted by Crippen LogP contribution is -2.42. The topological polar surface area (TPSA) is 29.5 Å². The second-order valence-corrected chi connectivity index (χ2v) is 5.12.